The number of fused-ring (bicyclic) bond motifs is 1. The summed E-state index contributed by atoms with van der Waals surface area (Å²) in [6, 6.07) is 18.6. The highest BCUT2D eigenvalue weighted by molar-refractivity contribution is 8.00. The Kier molecular flexibility index (Phi) is 6.32. The number of hydrogen-bond acceptors (Lipinski definition) is 5. The van der Waals surface area contributed by atoms with Gasteiger partial charge in [-0.1, -0.05) is 12.1 Å². The fourth-order valence-electron chi connectivity index (χ4n) is 3.22. The Morgan fingerprint density at radius 2 is 1.69 bits per heavy atom. The highest BCUT2D eigenvalue weighted by atomic mass is 32.2. The highest BCUT2D eigenvalue weighted by Gasteiger charge is 2.15. The Hall–Kier alpha value is -3.91. The molecule has 0 bridgehead atoms. The Balaban J connectivity index is 1.63. The standard InChI is InChI=1S/C24H19FN4O2S/c25-15-5-7-16(8-6-15)28-20-9-10-21(19-13-27-12-11-17(19)20)29-24(31)18-3-1-2-4-22(18)32-14-23(26)30/h1-13,28H,14H2,(H2,26,30)(H,29,31). The molecule has 0 unspecified atom stereocenters. The van der Waals surface area contributed by atoms with Crippen molar-refractivity contribution in [3.05, 3.63) is 90.5 Å². The van der Waals surface area contributed by atoms with Gasteiger partial charge in [-0.25, -0.2) is 4.39 Å². The maximum Gasteiger partial charge on any atom is 0.256 e. The van der Waals surface area contributed by atoms with Crippen molar-refractivity contribution in [1.82, 2.24) is 4.98 Å². The second-order valence-corrected chi connectivity index (χ2v) is 7.94. The minimum absolute atomic E-state index is 0.0842. The minimum atomic E-state index is -0.452. The molecule has 6 nitrogen and oxygen atoms in total. The molecule has 0 aliphatic rings. The van der Waals surface area contributed by atoms with Gasteiger partial charge in [-0.05, 0) is 54.6 Å². The number of nitrogens with zero attached hydrogens (tertiary/aromatic N) is 1. The second kappa shape index (κ2) is 9.49. The Morgan fingerprint density at radius 3 is 2.47 bits per heavy atom. The van der Waals surface area contributed by atoms with Crippen LogP contribution in [-0.2, 0) is 4.79 Å². The first-order valence-electron chi connectivity index (χ1n) is 9.72. The Labute approximate surface area is 188 Å². The van der Waals surface area contributed by atoms with Gasteiger partial charge in [0, 0.05) is 39.4 Å². The Morgan fingerprint density at radius 1 is 0.938 bits per heavy atom. The first-order valence-corrected chi connectivity index (χ1v) is 10.7. The van der Waals surface area contributed by atoms with Gasteiger partial charge in [0.2, 0.25) is 5.91 Å². The molecule has 1 aromatic heterocycles. The third-order valence-corrected chi connectivity index (χ3v) is 5.79. The lowest BCUT2D eigenvalue weighted by Gasteiger charge is -2.14. The van der Waals surface area contributed by atoms with Crippen LogP contribution in [0, 0.1) is 5.82 Å². The highest BCUT2D eigenvalue weighted by Crippen LogP contribution is 2.32. The van der Waals surface area contributed by atoms with Crippen LogP contribution in [0.1, 0.15) is 10.4 Å². The summed E-state index contributed by atoms with van der Waals surface area (Å²) < 4.78 is 13.2. The van der Waals surface area contributed by atoms with Gasteiger partial charge in [0.05, 0.1) is 17.0 Å². The van der Waals surface area contributed by atoms with Crippen molar-refractivity contribution in [2.45, 2.75) is 4.90 Å². The molecule has 0 radical (unpaired) electrons. The number of pyridine rings is 1. The number of nitrogens with two attached hydrogens (primary N) is 1. The van der Waals surface area contributed by atoms with Crippen LogP contribution in [-0.4, -0.2) is 22.6 Å². The lowest BCUT2D eigenvalue weighted by Crippen LogP contribution is -2.15. The molecule has 3 aromatic carbocycles. The van der Waals surface area contributed by atoms with Crippen molar-refractivity contribution in [3.8, 4) is 0 Å². The number of anilines is 3. The average molecular weight is 447 g/mol. The number of thioether (sulfide) groups is 1. The molecule has 0 saturated carbocycles. The van der Waals surface area contributed by atoms with Crippen LogP contribution in [0.5, 0.6) is 0 Å². The molecule has 2 amide bonds. The lowest BCUT2D eigenvalue weighted by atomic mass is 10.1. The number of carbonyl (C=O) groups excluding carboxylic acids is 2. The minimum Gasteiger partial charge on any atom is -0.369 e. The predicted molar refractivity (Wildman–Crippen MR) is 126 cm³/mol. The summed E-state index contributed by atoms with van der Waals surface area (Å²) in [6.45, 7) is 0. The number of rotatable bonds is 7. The quantitative estimate of drug-likeness (QED) is 0.349. The molecule has 0 aliphatic heterocycles. The van der Waals surface area contributed by atoms with E-state index in [9.17, 15) is 14.0 Å². The van der Waals surface area contributed by atoms with Gasteiger partial charge in [0.15, 0.2) is 0 Å². The van der Waals surface area contributed by atoms with Crippen molar-refractivity contribution >= 4 is 51.4 Å². The third-order valence-electron chi connectivity index (χ3n) is 4.69. The van der Waals surface area contributed by atoms with Crippen LogP contribution in [0.25, 0.3) is 10.8 Å². The summed E-state index contributed by atoms with van der Waals surface area (Å²) in [6.07, 6.45) is 3.34. The molecular formula is C24H19FN4O2S. The predicted octanol–water partition coefficient (Wildman–Crippen LogP) is 4.95. The molecule has 1 heterocycles. The summed E-state index contributed by atoms with van der Waals surface area (Å²) in [5.41, 5.74) is 7.81. The van der Waals surface area contributed by atoms with Crippen molar-refractivity contribution in [2.75, 3.05) is 16.4 Å². The van der Waals surface area contributed by atoms with Gasteiger partial charge in [-0.15, -0.1) is 11.8 Å². The summed E-state index contributed by atoms with van der Waals surface area (Å²) in [5.74, 6) is -0.980. The van der Waals surface area contributed by atoms with Crippen LogP contribution in [0.2, 0.25) is 0 Å². The maximum atomic E-state index is 13.2. The molecule has 4 rings (SSSR count). The molecule has 0 saturated heterocycles. The van der Waals surface area contributed by atoms with E-state index >= 15 is 0 Å². The topological polar surface area (TPSA) is 97.1 Å². The van der Waals surface area contributed by atoms with E-state index < -0.39 is 5.91 Å². The van der Waals surface area contributed by atoms with Crippen molar-refractivity contribution in [2.24, 2.45) is 5.73 Å². The van der Waals surface area contributed by atoms with E-state index in [-0.39, 0.29) is 17.5 Å². The number of amides is 2. The first-order chi connectivity index (χ1) is 15.5. The average Bonchev–Trinajstić information content (AvgIpc) is 2.81. The molecule has 4 N–H and O–H groups in total. The van der Waals surface area contributed by atoms with Gasteiger partial charge < -0.3 is 16.4 Å². The largest absolute Gasteiger partial charge is 0.369 e. The van der Waals surface area contributed by atoms with Gasteiger partial charge in [0.25, 0.3) is 5.91 Å². The fraction of sp³-hybridized carbons (Fsp3) is 0.0417. The molecule has 0 aliphatic carbocycles. The summed E-state index contributed by atoms with van der Waals surface area (Å²) in [7, 11) is 0. The smallest absolute Gasteiger partial charge is 0.256 e. The van der Waals surface area contributed by atoms with Crippen molar-refractivity contribution in [3.63, 3.8) is 0 Å². The molecule has 8 heteroatoms. The Bertz CT molecular complexity index is 1290. The van der Waals surface area contributed by atoms with Crippen LogP contribution < -0.4 is 16.4 Å². The SMILES string of the molecule is NC(=O)CSc1ccccc1C(=O)Nc1ccc(Nc2ccc(F)cc2)c2ccncc12. The van der Waals surface area contributed by atoms with E-state index in [4.69, 9.17) is 5.73 Å². The van der Waals surface area contributed by atoms with E-state index in [1.54, 1.807) is 54.9 Å². The van der Waals surface area contributed by atoms with Crippen LogP contribution in [0.3, 0.4) is 0 Å². The number of benzene rings is 3. The van der Waals surface area contributed by atoms with Crippen LogP contribution in [0.4, 0.5) is 21.5 Å². The summed E-state index contributed by atoms with van der Waals surface area (Å²) >= 11 is 1.22. The van der Waals surface area contributed by atoms with Crippen LogP contribution in [0.15, 0.2) is 84.0 Å². The monoisotopic (exact) mass is 446 g/mol. The second-order valence-electron chi connectivity index (χ2n) is 6.92. The van der Waals surface area contributed by atoms with E-state index in [0.717, 1.165) is 22.1 Å². The zero-order valence-corrected chi connectivity index (χ0v) is 17.7. The number of primary amides is 1. The molecule has 4 aromatic rings. The maximum absolute atomic E-state index is 13.2. The molecule has 0 spiro atoms. The number of aromatic nitrogens is 1. The molecule has 0 fully saturated rings. The third kappa shape index (κ3) is 4.87. The summed E-state index contributed by atoms with van der Waals surface area (Å²) in [5, 5.41) is 7.80. The van der Waals surface area contributed by atoms with Gasteiger partial charge in [-0.3, -0.25) is 14.6 Å². The molecule has 0 atom stereocenters. The van der Waals surface area contributed by atoms with E-state index in [1.807, 2.05) is 12.1 Å². The van der Waals surface area contributed by atoms with Crippen LogP contribution >= 0.6 is 11.8 Å². The van der Waals surface area contributed by atoms with Gasteiger partial charge >= 0.3 is 0 Å². The van der Waals surface area contributed by atoms with E-state index in [2.05, 4.69) is 15.6 Å². The number of hydrogen-bond donors (Lipinski definition) is 3. The molecule has 32 heavy (non-hydrogen) atoms. The zero-order chi connectivity index (χ0) is 22.5. The normalized spacial score (nSPS) is 10.7. The van der Waals surface area contributed by atoms with Crippen molar-refractivity contribution in [1.29, 1.82) is 0 Å². The zero-order valence-electron chi connectivity index (χ0n) is 16.8. The molecular weight excluding hydrogens is 427 g/mol. The first kappa shape index (κ1) is 21.3. The molecule has 160 valence electrons. The fourth-order valence-corrected chi connectivity index (χ4v) is 4.00. The summed E-state index contributed by atoms with van der Waals surface area (Å²) in [4.78, 5) is 29.0. The lowest BCUT2D eigenvalue weighted by molar-refractivity contribution is -0.115. The van der Waals surface area contributed by atoms with Gasteiger partial charge in [0.1, 0.15) is 5.82 Å². The number of halogens is 1. The number of nitrogens with one attached hydrogen (secondary N) is 2. The number of carbonyl (C=O) groups is 2. The van der Waals surface area contributed by atoms with Gasteiger partial charge in [-0.2, -0.15) is 0 Å². The van der Waals surface area contributed by atoms with E-state index in [0.29, 0.717) is 16.1 Å². The van der Waals surface area contributed by atoms with E-state index in [1.165, 1.54) is 23.9 Å². The van der Waals surface area contributed by atoms with Crippen molar-refractivity contribution < 1.29 is 14.0 Å².